The summed E-state index contributed by atoms with van der Waals surface area (Å²) in [5.74, 6) is 0.602. The number of nitrogens with one attached hydrogen (secondary N) is 1. The zero-order chi connectivity index (χ0) is 12.7. The number of nitrogens with zero attached hydrogens (tertiary/aromatic N) is 2. The third kappa shape index (κ3) is 1.61. The van der Waals surface area contributed by atoms with E-state index in [9.17, 15) is 15.2 Å². The van der Waals surface area contributed by atoms with E-state index in [0.29, 0.717) is 21.7 Å². The molecule has 0 saturated heterocycles. The van der Waals surface area contributed by atoms with Gasteiger partial charge >= 0.3 is 5.00 Å². The van der Waals surface area contributed by atoms with Crippen molar-refractivity contribution in [3.63, 3.8) is 0 Å². The van der Waals surface area contributed by atoms with E-state index in [0.717, 1.165) is 11.3 Å². The van der Waals surface area contributed by atoms with Gasteiger partial charge in [-0.15, -0.1) is 0 Å². The SMILES string of the molecule is O=[N+]([O-])c1ccc(-c2nc3c(O)cccc3[nH]2)s1. The van der Waals surface area contributed by atoms with Crippen molar-refractivity contribution < 1.29 is 10.0 Å². The van der Waals surface area contributed by atoms with E-state index < -0.39 is 4.92 Å². The zero-order valence-electron chi connectivity index (χ0n) is 8.95. The molecule has 0 spiro atoms. The van der Waals surface area contributed by atoms with E-state index in [1.54, 1.807) is 24.3 Å². The number of aromatic nitrogens is 2. The summed E-state index contributed by atoms with van der Waals surface area (Å²) in [5, 5.41) is 20.3. The number of aromatic amines is 1. The number of phenolic OH excluding ortho intramolecular Hbond substituents is 1. The van der Waals surface area contributed by atoms with Gasteiger partial charge in [0.15, 0.2) is 0 Å². The number of hydrogen-bond acceptors (Lipinski definition) is 5. The van der Waals surface area contributed by atoms with E-state index >= 15 is 0 Å². The van der Waals surface area contributed by atoms with Gasteiger partial charge in [-0.05, 0) is 18.2 Å². The molecule has 0 radical (unpaired) electrons. The standard InChI is InChI=1S/C11H7N3O3S/c15-7-3-1-2-6-10(7)13-11(12-6)8-4-5-9(18-8)14(16)17/h1-5,15H,(H,12,13). The van der Waals surface area contributed by atoms with Gasteiger partial charge in [-0.1, -0.05) is 17.4 Å². The van der Waals surface area contributed by atoms with Crippen molar-refractivity contribution in [3.05, 3.63) is 40.4 Å². The number of fused-ring (bicyclic) bond motifs is 1. The maximum atomic E-state index is 10.6. The van der Waals surface area contributed by atoms with E-state index in [2.05, 4.69) is 9.97 Å². The molecule has 0 aliphatic rings. The van der Waals surface area contributed by atoms with Gasteiger partial charge in [0, 0.05) is 6.07 Å². The number of thiophene rings is 1. The highest BCUT2D eigenvalue weighted by atomic mass is 32.1. The van der Waals surface area contributed by atoms with Crippen LogP contribution in [0.4, 0.5) is 5.00 Å². The average molecular weight is 261 g/mol. The highest BCUT2D eigenvalue weighted by Gasteiger charge is 2.14. The molecule has 2 heterocycles. The minimum atomic E-state index is -0.436. The Hall–Kier alpha value is -2.41. The molecule has 0 bridgehead atoms. The summed E-state index contributed by atoms with van der Waals surface area (Å²) in [5.41, 5.74) is 1.16. The number of para-hydroxylation sites is 1. The fraction of sp³-hybridized carbons (Fsp3) is 0. The van der Waals surface area contributed by atoms with Crippen LogP contribution in [-0.4, -0.2) is 20.0 Å². The summed E-state index contributed by atoms with van der Waals surface area (Å²) >= 11 is 1.04. The number of imidazole rings is 1. The number of H-pyrrole nitrogens is 1. The van der Waals surface area contributed by atoms with Crippen molar-refractivity contribution in [1.29, 1.82) is 0 Å². The Morgan fingerprint density at radius 3 is 2.83 bits per heavy atom. The molecule has 0 aliphatic heterocycles. The van der Waals surface area contributed by atoms with Crippen LogP contribution in [0.2, 0.25) is 0 Å². The van der Waals surface area contributed by atoms with Crippen molar-refractivity contribution >= 4 is 27.4 Å². The van der Waals surface area contributed by atoms with Crippen molar-refractivity contribution in [2.45, 2.75) is 0 Å². The lowest BCUT2D eigenvalue weighted by molar-refractivity contribution is -0.380. The van der Waals surface area contributed by atoms with Crippen molar-refractivity contribution in [2.75, 3.05) is 0 Å². The predicted octanol–water partition coefficient (Wildman–Crippen LogP) is 2.91. The fourth-order valence-corrected chi connectivity index (χ4v) is 2.45. The summed E-state index contributed by atoms with van der Waals surface area (Å²) in [6.45, 7) is 0. The lowest BCUT2D eigenvalue weighted by Gasteiger charge is -1.89. The Morgan fingerprint density at radius 2 is 2.17 bits per heavy atom. The molecule has 0 unspecified atom stereocenters. The second-order valence-electron chi connectivity index (χ2n) is 3.65. The van der Waals surface area contributed by atoms with Crippen LogP contribution >= 0.6 is 11.3 Å². The summed E-state index contributed by atoms with van der Waals surface area (Å²) in [7, 11) is 0. The Labute approximate surface area is 105 Å². The Morgan fingerprint density at radius 1 is 1.33 bits per heavy atom. The average Bonchev–Trinajstić information content (AvgIpc) is 2.95. The van der Waals surface area contributed by atoms with E-state index in [4.69, 9.17) is 0 Å². The molecule has 2 aromatic heterocycles. The van der Waals surface area contributed by atoms with Gasteiger partial charge < -0.3 is 10.1 Å². The summed E-state index contributed by atoms with van der Waals surface area (Å²) in [6.07, 6.45) is 0. The molecule has 6 nitrogen and oxygen atoms in total. The lowest BCUT2D eigenvalue weighted by atomic mass is 10.3. The zero-order valence-corrected chi connectivity index (χ0v) is 9.77. The van der Waals surface area contributed by atoms with Crippen LogP contribution in [0.3, 0.4) is 0 Å². The van der Waals surface area contributed by atoms with E-state index in [1.165, 1.54) is 6.07 Å². The van der Waals surface area contributed by atoms with Gasteiger partial charge in [0.05, 0.1) is 15.3 Å². The summed E-state index contributed by atoms with van der Waals surface area (Å²) < 4.78 is 0. The van der Waals surface area contributed by atoms with Gasteiger partial charge in [-0.25, -0.2) is 4.98 Å². The third-order valence-corrected chi connectivity index (χ3v) is 3.54. The van der Waals surface area contributed by atoms with E-state index in [-0.39, 0.29) is 10.8 Å². The highest BCUT2D eigenvalue weighted by Crippen LogP contribution is 2.33. The van der Waals surface area contributed by atoms with Gasteiger partial charge in [-0.3, -0.25) is 10.1 Å². The monoisotopic (exact) mass is 261 g/mol. The first kappa shape index (κ1) is 10.7. The largest absolute Gasteiger partial charge is 0.506 e. The van der Waals surface area contributed by atoms with E-state index in [1.807, 2.05) is 0 Å². The maximum Gasteiger partial charge on any atom is 0.324 e. The maximum absolute atomic E-state index is 10.6. The molecular weight excluding hydrogens is 254 g/mol. The van der Waals surface area contributed by atoms with Crippen LogP contribution in [-0.2, 0) is 0 Å². The molecule has 0 atom stereocenters. The number of hydrogen-bond donors (Lipinski definition) is 2. The van der Waals surface area contributed by atoms with Crippen LogP contribution < -0.4 is 0 Å². The van der Waals surface area contributed by atoms with Crippen molar-refractivity contribution in [3.8, 4) is 16.5 Å². The van der Waals surface area contributed by atoms with Crippen molar-refractivity contribution in [1.82, 2.24) is 9.97 Å². The number of phenols is 1. The topological polar surface area (TPSA) is 92.1 Å². The second kappa shape index (κ2) is 3.81. The first-order valence-electron chi connectivity index (χ1n) is 5.07. The van der Waals surface area contributed by atoms with Crippen LogP contribution in [0.5, 0.6) is 5.75 Å². The molecule has 2 N–H and O–H groups in total. The number of benzene rings is 1. The molecule has 18 heavy (non-hydrogen) atoms. The van der Waals surface area contributed by atoms with Crippen LogP contribution in [0.25, 0.3) is 21.7 Å². The molecule has 0 saturated carbocycles. The molecule has 0 amide bonds. The minimum absolute atomic E-state index is 0.0645. The minimum Gasteiger partial charge on any atom is -0.506 e. The Bertz CT molecular complexity index is 747. The molecule has 90 valence electrons. The van der Waals surface area contributed by atoms with Gasteiger partial charge in [0.25, 0.3) is 0 Å². The fourth-order valence-electron chi connectivity index (χ4n) is 1.69. The van der Waals surface area contributed by atoms with Gasteiger partial charge in [0.2, 0.25) is 0 Å². The molecule has 0 fully saturated rings. The molecule has 3 rings (SSSR count). The third-order valence-electron chi connectivity index (χ3n) is 2.50. The van der Waals surface area contributed by atoms with Crippen molar-refractivity contribution in [2.24, 2.45) is 0 Å². The Kier molecular flexibility index (Phi) is 2.27. The molecule has 7 heteroatoms. The van der Waals surface area contributed by atoms with Crippen LogP contribution in [0.1, 0.15) is 0 Å². The normalized spacial score (nSPS) is 10.9. The lowest BCUT2D eigenvalue weighted by Crippen LogP contribution is -1.80. The molecule has 1 aromatic carbocycles. The molecule has 3 aromatic rings. The van der Waals surface area contributed by atoms with Crippen LogP contribution in [0, 0.1) is 10.1 Å². The number of nitro groups is 1. The Balaban J connectivity index is 2.13. The second-order valence-corrected chi connectivity index (χ2v) is 4.72. The molecular formula is C11H7N3O3S. The first-order valence-corrected chi connectivity index (χ1v) is 5.89. The first-order chi connectivity index (χ1) is 8.65. The van der Waals surface area contributed by atoms with Gasteiger partial charge in [-0.2, -0.15) is 0 Å². The molecule has 0 aliphatic carbocycles. The predicted molar refractivity (Wildman–Crippen MR) is 67.7 cm³/mol. The number of rotatable bonds is 2. The summed E-state index contributed by atoms with van der Waals surface area (Å²) in [6, 6.07) is 8.11. The summed E-state index contributed by atoms with van der Waals surface area (Å²) in [4.78, 5) is 18.1. The van der Waals surface area contributed by atoms with Crippen LogP contribution in [0.15, 0.2) is 30.3 Å². The quantitative estimate of drug-likeness (QED) is 0.548. The van der Waals surface area contributed by atoms with Gasteiger partial charge in [0.1, 0.15) is 17.1 Å². The number of aromatic hydroxyl groups is 1. The highest BCUT2D eigenvalue weighted by molar-refractivity contribution is 7.18. The smallest absolute Gasteiger partial charge is 0.324 e.